The monoisotopic (exact) mass is 378 g/mol. The summed E-state index contributed by atoms with van der Waals surface area (Å²) in [6, 6.07) is 4.44. The number of nitro benzene ring substituents is 1. The van der Waals surface area contributed by atoms with Crippen LogP contribution in [0.5, 0.6) is 5.75 Å². The summed E-state index contributed by atoms with van der Waals surface area (Å²) in [6.07, 6.45) is -0.527. The van der Waals surface area contributed by atoms with Gasteiger partial charge in [0.1, 0.15) is 12.7 Å². The fraction of sp³-hybridized carbons (Fsp3) is 0.556. The highest BCUT2D eigenvalue weighted by atomic mass is 16.6. The summed E-state index contributed by atoms with van der Waals surface area (Å²) in [6.45, 7) is 7.99. The van der Waals surface area contributed by atoms with Crippen molar-refractivity contribution in [3.8, 4) is 5.75 Å². The van der Waals surface area contributed by atoms with Crippen LogP contribution in [-0.4, -0.2) is 46.4 Å². The number of rotatable bonds is 7. The maximum Gasteiger partial charge on any atom is 0.310 e. The fourth-order valence-corrected chi connectivity index (χ4v) is 2.61. The number of β-amino-alcohol motifs (C(OH)–C–C–N with tert-alkyl or cyclic N) is 1. The third-order valence-electron chi connectivity index (χ3n) is 4.01. The number of nitro groups is 1. The van der Waals surface area contributed by atoms with Crippen molar-refractivity contribution >= 4 is 17.3 Å². The smallest absolute Gasteiger partial charge is 0.310 e. The first kappa shape index (κ1) is 20.8. The highest BCUT2D eigenvalue weighted by Crippen LogP contribution is 2.30. The molecule has 0 fully saturated rings. The molecule has 1 heterocycles. The predicted molar refractivity (Wildman–Crippen MR) is 101 cm³/mol. The molecule has 2 atom stereocenters. The van der Waals surface area contributed by atoms with Gasteiger partial charge in [0.2, 0.25) is 5.91 Å². The molecular weight excluding hydrogens is 352 g/mol. The van der Waals surface area contributed by atoms with Gasteiger partial charge in [-0.05, 0) is 32.9 Å². The van der Waals surface area contributed by atoms with Crippen LogP contribution < -0.4 is 15.5 Å². The Morgan fingerprint density at radius 1 is 1.48 bits per heavy atom. The van der Waals surface area contributed by atoms with E-state index >= 15 is 0 Å². The Morgan fingerprint density at radius 2 is 2.19 bits per heavy atom. The molecule has 1 aliphatic heterocycles. The summed E-state index contributed by atoms with van der Waals surface area (Å²) in [5.74, 6) is -0.229. The molecule has 1 aromatic rings. The molecule has 0 aromatic heterocycles. The number of carbonyl (C=O) groups excluding carboxylic acids is 1. The van der Waals surface area contributed by atoms with Gasteiger partial charge in [-0.3, -0.25) is 14.9 Å². The number of amides is 1. The van der Waals surface area contributed by atoms with E-state index in [9.17, 15) is 20.0 Å². The van der Waals surface area contributed by atoms with Crippen molar-refractivity contribution in [2.24, 2.45) is 11.0 Å². The van der Waals surface area contributed by atoms with Crippen molar-refractivity contribution in [2.45, 2.75) is 45.8 Å². The first-order valence-electron chi connectivity index (χ1n) is 8.78. The molecule has 1 amide bonds. The Labute approximate surface area is 157 Å². The van der Waals surface area contributed by atoms with Crippen molar-refractivity contribution in [2.75, 3.05) is 13.2 Å². The van der Waals surface area contributed by atoms with Crippen molar-refractivity contribution in [1.82, 2.24) is 10.7 Å². The fourth-order valence-electron chi connectivity index (χ4n) is 2.61. The summed E-state index contributed by atoms with van der Waals surface area (Å²) in [7, 11) is 0. The average Bonchev–Trinajstić information content (AvgIpc) is 2.57. The Hall–Kier alpha value is -2.52. The lowest BCUT2D eigenvalue weighted by Gasteiger charge is -2.23. The van der Waals surface area contributed by atoms with Crippen LogP contribution in [0, 0.1) is 16.0 Å². The topological polar surface area (TPSA) is 126 Å². The number of nitrogens with one attached hydrogen (secondary N) is 2. The second-order valence-corrected chi connectivity index (χ2v) is 7.67. The van der Waals surface area contributed by atoms with Gasteiger partial charge in [0.05, 0.1) is 10.6 Å². The number of carbonyl (C=O) groups is 1. The Morgan fingerprint density at radius 3 is 2.78 bits per heavy atom. The first-order valence-corrected chi connectivity index (χ1v) is 8.78. The van der Waals surface area contributed by atoms with Gasteiger partial charge in [-0.25, -0.2) is 5.43 Å². The van der Waals surface area contributed by atoms with Crippen LogP contribution in [-0.2, 0) is 4.79 Å². The zero-order chi connectivity index (χ0) is 20.2. The van der Waals surface area contributed by atoms with Gasteiger partial charge in [0, 0.05) is 36.1 Å². The molecule has 0 saturated carbocycles. The molecule has 2 rings (SSSR count). The van der Waals surface area contributed by atoms with Gasteiger partial charge in [0.25, 0.3) is 0 Å². The number of aliphatic hydroxyl groups excluding tert-OH is 1. The van der Waals surface area contributed by atoms with Gasteiger partial charge in [-0.1, -0.05) is 6.92 Å². The van der Waals surface area contributed by atoms with Crippen molar-refractivity contribution in [3.05, 3.63) is 33.9 Å². The molecule has 0 spiro atoms. The minimum atomic E-state index is -0.822. The van der Waals surface area contributed by atoms with Crippen molar-refractivity contribution in [1.29, 1.82) is 0 Å². The SMILES string of the molecule is CC1CC(=O)NN=C1c1ccc([N+](=O)[O-])c(OCC(O)CNC(C)(C)C)c1. The normalized spacial score (nSPS) is 18.5. The molecule has 1 aromatic carbocycles. The van der Waals surface area contributed by atoms with E-state index in [-0.39, 0.29) is 35.4 Å². The summed E-state index contributed by atoms with van der Waals surface area (Å²) >= 11 is 0. The molecule has 148 valence electrons. The number of benzene rings is 1. The van der Waals surface area contributed by atoms with Gasteiger partial charge in [0.15, 0.2) is 5.75 Å². The van der Waals surface area contributed by atoms with E-state index < -0.39 is 11.0 Å². The molecule has 9 heteroatoms. The second-order valence-electron chi connectivity index (χ2n) is 7.67. The quantitative estimate of drug-likeness (QED) is 0.488. The molecule has 9 nitrogen and oxygen atoms in total. The zero-order valence-corrected chi connectivity index (χ0v) is 16.0. The number of hydrogen-bond acceptors (Lipinski definition) is 7. The molecular formula is C18H26N4O5. The lowest BCUT2D eigenvalue weighted by atomic mass is 9.94. The summed E-state index contributed by atoms with van der Waals surface area (Å²) in [5.41, 5.74) is 3.33. The van der Waals surface area contributed by atoms with E-state index in [0.29, 0.717) is 24.2 Å². The molecule has 1 aliphatic rings. The minimum absolute atomic E-state index is 0.0547. The van der Waals surface area contributed by atoms with Gasteiger partial charge >= 0.3 is 5.69 Å². The van der Waals surface area contributed by atoms with E-state index in [1.807, 2.05) is 27.7 Å². The Kier molecular flexibility index (Phi) is 6.50. The summed E-state index contributed by atoms with van der Waals surface area (Å²) < 4.78 is 5.54. The second kappa shape index (κ2) is 8.45. The van der Waals surface area contributed by atoms with Crippen LogP contribution in [0.4, 0.5) is 5.69 Å². The molecule has 27 heavy (non-hydrogen) atoms. The molecule has 3 N–H and O–H groups in total. The standard InChI is InChI=1S/C18H26N4O5/c1-11-7-16(24)20-21-17(11)12-5-6-14(22(25)26)15(8-12)27-10-13(23)9-19-18(2,3)4/h5-6,8,11,13,19,23H,7,9-10H2,1-4H3,(H,20,24). The van der Waals surface area contributed by atoms with Crippen molar-refractivity contribution < 1.29 is 19.6 Å². The van der Waals surface area contributed by atoms with Gasteiger partial charge in [-0.2, -0.15) is 5.10 Å². The molecule has 0 saturated heterocycles. The van der Waals surface area contributed by atoms with E-state index in [1.165, 1.54) is 12.1 Å². The molecule has 0 aliphatic carbocycles. The number of ether oxygens (including phenoxy) is 1. The Balaban J connectivity index is 2.16. The lowest BCUT2D eigenvalue weighted by Crippen LogP contribution is -2.42. The number of hydrazone groups is 1. The zero-order valence-electron chi connectivity index (χ0n) is 16.0. The summed E-state index contributed by atoms with van der Waals surface area (Å²) in [4.78, 5) is 22.2. The molecule has 0 radical (unpaired) electrons. The maximum atomic E-state index is 11.4. The maximum absolute atomic E-state index is 11.4. The van der Waals surface area contributed by atoms with Crippen LogP contribution in [0.25, 0.3) is 0 Å². The van der Waals surface area contributed by atoms with Crippen LogP contribution in [0.3, 0.4) is 0 Å². The Bertz CT molecular complexity index is 742. The third kappa shape index (κ3) is 6.00. The largest absolute Gasteiger partial charge is 0.484 e. The van der Waals surface area contributed by atoms with Crippen LogP contribution >= 0.6 is 0 Å². The van der Waals surface area contributed by atoms with E-state index in [4.69, 9.17) is 4.74 Å². The van der Waals surface area contributed by atoms with E-state index in [0.717, 1.165) is 0 Å². The number of hydrogen-bond donors (Lipinski definition) is 3. The predicted octanol–water partition coefficient (Wildman–Crippen LogP) is 1.58. The summed E-state index contributed by atoms with van der Waals surface area (Å²) in [5, 5.41) is 28.6. The lowest BCUT2D eigenvalue weighted by molar-refractivity contribution is -0.385. The van der Waals surface area contributed by atoms with Crippen LogP contribution in [0.2, 0.25) is 0 Å². The third-order valence-corrected chi connectivity index (χ3v) is 4.01. The van der Waals surface area contributed by atoms with E-state index in [1.54, 1.807) is 6.07 Å². The highest BCUT2D eigenvalue weighted by Gasteiger charge is 2.25. The highest BCUT2D eigenvalue weighted by molar-refractivity contribution is 6.06. The first-order chi connectivity index (χ1) is 12.6. The molecule has 0 bridgehead atoms. The van der Waals surface area contributed by atoms with Gasteiger partial charge in [-0.15, -0.1) is 0 Å². The van der Waals surface area contributed by atoms with Gasteiger partial charge < -0.3 is 15.2 Å². The molecule has 2 unspecified atom stereocenters. The average molecular weight is 378 g/mol. The van der Waals surface area contributed by atoms with E-state index in [2.05, 4.69) is 15.8 Å². The van der Waals surface area contributed by atoms with Crippen LogP contribution in [0.1, 0.15) is 39.7 Å². The van der Waals surface area contributed by atoms with Crippen LogP contribution in [0.15, 0.2) is 23.3 Å². The minimum Gasteiger partial charge on any atom is -0.484 e. The number of nitrogens with zero attached hydrogens (tertiary/aromatic N) is 2. The number of aliphatic hydroxyl groups is 1. The van der Waals surface area contributed by atoms with Crippen molar-refractivity contribution in [3.63, 3.8) is 0 Å².